The van der Waals surface area contributed by atoms with Crippen LogP contribution in [-0.2, 0) is 0 Å². The predicted octanol–water partition coefficient (Wildman–Crippen LogP) is 3.44. The summed E-state index contributed by atoms with van der Waals surface area (Å²) >= 11 is 0. The van der Waals surface area contributed by atoms with Crippen molar-refractivity contribution in [3.05, 3.63) is 35.5 Å². The highest BCUT2D eigenvalue weighted by molar-refractivity contribution is 5.95. The van der Waals surface area contributed by atoms with E-state index >= 15 is 0 Å². The Morgan fingerprint density at radius 3 is 2.70 bits per heavy atom. The number of aliphatic hydroxyl groups is 1. The molecule has 3 rings (SSSR count). The van der Waals surface area contributed by atoms with E-state index in [1.807, 2.05) is 6.07 Å². The zero-order valence-corrected chi connectivity index (χ0v) is 14.2. The Labute approximate surface area is 137 Å². The first-order chi connectivity index (χ1) is 10.8. The smallest absolute Gasteiger partial charge is 0.103 e. The molecule has 23 heavy (non-hydrogen) atoms. The van der Waals surface area contributed by atoms with Gasteiger partial charge in [0.05, 0.1) is 22.9 Å². The van der Waals surface area contributed by atoms with Crippen molar-refractivity contribution in [2.45, 2.75) is 39.7 Å². The Hall–Kier alpha value is -2.12. The summed E-state index contributed by atoms with van der Waals surface area (Å²) in [6.45, 7) is 9.72. The quantitative estimate of drug-likeness (QED) is 0.923. The van der Waals surface area contributed by atoms with Crippen LogP contribution in [0.15, 0.2) is 24.4 Å². The second kappa shape index (κ2) is 5.50. The first kappa shape index (κ1) is 15.8. The van der Waals surface area contributed by atoms with Gasteiger partial charge in [0.25, 0.3) is 0 Å². The van der Waals surface area contributed by atoms with E-state index in [4.69, 9.17) is 0 Å². The number of benzene rings is 1. The number of hydrogen-bond donors (Lipinski definition) is 1. The highest BCUT2D eigenvalue weighted by Gasteiger charge is 2.39. The fourth-order valence-electron chi connectivity index (χ4n) is 3.27. The van der Waals surface area contributed by atoms with E-state index in [1.54, 1.807) is 6.20 Å². The molecule has 0 radical (unpaired) electrons. The Balaban J connectivity index is 2.21. The summed E-state index contributed by atoms with van der Waals surface area (Å²) in [4.78, 5) is 6.56. The Morgan fingerprint density at radius 1 is 1.39 bits per heavy atom. The van der Waals surface area contributed by atoms with E-state index in [9.17, 15) is 10.4 Å². The van der Waals surface area contributed by atoms with Crippen LogP contribution in [0.4, 0.5) is 5.69 Å². The molecule has 1 aromatic heterocycles. The number of aromatic nitrogens is 1. The lowest BCUT2D eigenvalue weighted by Crippen LogP contribution is -2.26. The monoisotopic (exact) mass is 309 g/mol. The Bertz CT molecular complexity index is 789. The minimum atomic E-state index is -0.398. The van der Waals surface area contributed by atoms with Gasteiger partial charge in [-0.3, -0.25) is 4.98 Å². The second-order valence-corrected chi connectivity index (χ2v) is 7.45. The normalized spacial score (nSPS) is 20.2. The summed E-state index contributed by atoms with van der Waals surface area (Å²) in [5.74, 6) is 0.415. The third kappa shape index (κ3) is 2.66. The molecule has 0 amide bonds. The molecule has 1 aliphatic heterocycles. The van der Waals surface area contributed by atoms with Crippen LogP contribution in [-0.4, -0.2) is 29.3 Å². The van der Waals surface area contributed by atoms with Crippen LogP contribution < -0.4 is 4.90 Å². The maximum Gasteiger partial charge on any atom is 0.103 e. The van der Waals surface area contributed by atoms with E-state index in [2.05, 4.69) is 55.8 Å². The van der Waals surface area contributed by atoms with E-state index in [0.29, 0.717) is 18.0 Å². The molecule has 0 saturated carbocycles. The number of fused-ring (bicyclic) bond motifs is 1. The number of aliphatic hydroxyl groups excluding tert-OH is 1. The number of nitriles is 1. The highest BCUT2D eigenvalue weighted by Crippen LogP contribution is 2.38. The topological polar surface area (TPSA) is 60.2 Å². The van der Waals surface area contributed by atoms with E-state index in [1.165, 1.54) is 5.56 Å². The van der Waals surface area contributed by atoms with E-state index in [-0.39, 0.29) is 5.41 Å². The van der Waals surface area contributed by atoms with E-state index in [0.717, 1.165) is 23.1 Å². The molecule has 0 bridgehead atoms. The van der Waals surface area contributed by atoms with Crippen LogP contribution in [0, 0.1) is 16.7 Å². The number of rotatable bonds is 2. The standard InChI is InChI=1S/C19H23N3O/c1-12(2)13-5-6-16-15(7-13)18(14(8-20)9-21-16)22-10-17(23)19(3,4)11-22/h5-7,9,12,17,23H,10-11H2,1-4H3. The van der Waals surface area contributed by atoms with Crippen molar-refractivity contribution >= 4 is 16.6 Å². The SMILES string of the molecule is CC(C)c1ccc2ncc(C#N)c(N3CC(O)C(C)(C)C3)c2c1. The highest BCUT2D eigenvalue weighted by atomic mass is 16.3. The van der Waals surface area contributed by atoms with Gasteiger partial charge in [0.1, 0.15) is 6.07 Å². The molecular weight excluding hydrogens is 286 g/mol. The lowest BCUT2D eigenvalue weighted by Gasteiger charge is -2.24. The molecule has 4 heteroatoms. The van der Waals surface area contributed by atoms with Gasteiger partial charge >= 0.3 is 0 Å². The number of nitrogens with zero attached hydrogens (tertiary/aromatic N) is 3. The van der Waals surface area contributed by atoms with Crippen molar-refractivity contribution in [1.29, 1.82) is 5.26 Å². The van der Waals surface area contributed by atoms with Gasteiger partial charge in [-0.05, 0) is 23.6 Å². The Morgan fingerprint density at radius 2 is 2.13 bits per heavy atom. The maximum absolute atomic E-state index is 10.3. The zero-order chi connectivity index (χ0) is 16.8. The molecule has 120 valence electrons. The molecule has 1 atom stereocenters. The van der Waals surface area contributed by atoms with Gasteiger partial charge in [-0.1, -0.05) is 33.8 Å². The molecule has 1 aliphatic rings. The summed E-state index contributed by atoms with van der Waals surface area (Å²) in [6.07, 6.45) is 1.25. The van der Waals surface area contributed by atoms with Crippen LogP contribution in [0.2, 0.25) is 0 Å². The Kier molecular flexibility index (Phi) is 3.77. The summed E-state index contributed by atoms with van der Waals surface area (Å²) in [6, 6.07) is 8.53. The molecule has 0 spiro atoms. The van der Waals surface area contributed by atoms with Crippen LogP contribution >= 0.6 is 0 Å². The average Bonchev–Trinajstić information content (AvgIpc) is 2.78. The molecule has 1 N–H and O–H groups in total. The van der Waals surface area contributed by atoms with Gasteiger partial charge in [0, 0.05) is 30.1 Å². The summed E-state index contributed by atoms with van der Waals surface area (Å²) in [7, 11) is 0. The molecule has 1 unspecified atom stereocenters. The molecule has 1 saturated heterocycles. The van der Waals surface area contributed by atoms with Crippen molar-refractivity contribution in [2.24, 2.45) is 5.41 Å². The van der Waals surface area contributed by atoms with E-state index < -0.39 is 6.10 Å². The first-order valence-corrected chi connectivity index (χ1v) is 8.09. The third-order valence-corrected chi connectivity index (χ3v) is 4.86. The van der Waals surface area contributed by atoms with Gasteiger partial charge in [0.15, 0.2) is 0 Å². The molecule has 2 heterocycles. The molecule has 4 nitrogen and oxygen atoms in total. The van der Waals surface area contributed by atoms with Crippen molar-refractivity contribution < 1.29 is 5.11 Å². The molecule has 0 aliphatic carbocycles. The fraction of sp³-hybridized carbons (Fsp3) is 0.474. The number of β-amino-alcohol motifs (C(OH)–C–C–N with tert-alkyl or cyclic N) is 1. The van der Waals surface area contributed by atoms with Crippen LogP contribution in [0.25, 0.3) is 10.9 Å². The molecular formula is C19H23N3O. The van der Waals surface area contributed by atoms with Gasteiger partial charge < -0.3 is 10.0 Å². The number of pyridine rings is 1. The fourth-order valence-corrected chi connectivity index (χ4v) is 3.27. The van der Waals surface area contributed by atoms with Gasteiger partial charge in [-0.2, -0.15) is 5.26 Å². The van der Waals surface area contributed by atoms with Gasteiger partial charge in [0.2, 0.25) is 0 Å². The van der Waals surface area contributed by atoms with Crippen LogP contribution in [0.1, 0.15) is 44.7 Å². The first-order valence-electron chi connectivity index (χ1n) is 8.09. The zero-order valence-electron chi connectivity index (χ0n) is 14.2. The van der Waals surface area contributed by atoms with Crippen molar-refractivity contribution in [3.63, 3.8) is 0 Å². The molecule has 1 fully saturated rings. The van der Waals surface area contributed by atoms with Crippen molar-refractivity contribution in [2.75, 3.05) is 18.0 Å². The minimum Gasteiger partial charge on any atom is -0.391 e. The van der Waals surface area contributed by atoms with Crippen LogP contribution in [0.3, 0.4) is 0 Å². The summed E-state index contributed by atoms with van der Waals surface area (Å²) in [5, 5.41) is 20.9. The van der Waals surface area contributed by atoms with Gasteiger partial charge in [-0.25, -0.2) is 0 Å². The summed E-state index contributed by atoms with van der Waals surface area (Å²) in [5.41, 5.74) is 3.42. The lowest BCUT2D eigenvalue weighted by atomic mass is 9.90. The minimum absolute atomic E-state index is 0.183. The van der Waals surface area contributed by atoms with Crippen LogP contribution in [0.5, 0.6) is 0 Å². The van der Waals surface area contributed by atoms with Gasteiger partial charge in [-0.15, -0.1) is 0 Å². The molecule has 2 aromatic rings. The molecule has 1 aromatic carbocycles. The lowest BCUT2D eigenvalue weighted by molar-refractivity contribution is 0.0964. The van der Waals surface area contributed by atoms with Crippen molar-refractivity contribution in [3.8, 4) is 6.07 Å². The summed E-state index contributed by atoms with van der Waals surface area (Å²) < 4.78 is 0. The number of hydrogen-bond acceptors (Lipinski definition) is 4. The average molecular weight is 309 g/mol. The number of anilines is 1. The predicted molar refractivity (Wildman–Crippen MR) is 92.5 cm³/mol. The van der Waals surface area contributed by atoms with Crippen molar-refractivity contribution in [1.82, 2.24) is 4.98 Å². The largest absolute Gasteiger partial charge is 0.391 e. The second-order valence-electron chi connectivity index (χ2n) is 7.45. The third-order valence-electron chi connectivity index (χ3n) is 4.86. The maximum atomic E-state index is 10.3.